The molecular weight excluding hydrogens is 442 g/mol. The maximum absolute atomic E-state index is 13.3. The molecule has 0 fully saturated rings. The number of methoxy groups -OCH3 is 1. The fraction of sp³-hybridized carbons (Fsp3) is 0.148. The second-order valence-electron chi connectivity index (χ2n) is 8.09. The number of ether oxygens (including phenoxy) is 2. The van der Waals surface area contributed by atoms with E-state index in [-0.39, 0.29) is 5.91 Å². The molecule has 0 saturated heterocycles. The van der Waals surface area contributed by atoms with Crippen molar-refractivity contribution >= 4 is 11.6 Å². The van der Waals surface area contributed by atoms with Crippen LogP contribution in [0.1, 0.15) is 33.5 Å². The molecule has 1 atom stereocenters. The van der Waals surface area contributed by atoms with Gasteiger partial charge in [-0.3, -0.25) is 4.79 Å². The summed E-state index contributed by atoms with van der Waals surface area (Å²) in [4.78, 5) is 22.3. The lowest BCUT2D eigenvalue weighted by Gasteiger charge is -2.20. The number of carbonyl (C=O) groups is 1. The Hall–Kier alpha value is -4.59. The molecule has 0 saturated carbocycles. The molecule has 5 aromatic rings. The predicted octanol–water partition coefficient (Wildman–Crippen LogP) is 4.17. The van der Waals surface area contributed by atoms with Gasteiger partial charge in [0.1, 0.15) is 35.6 Å². The van der Waals surface area contributed by atoms with Gasteiger partial charge in [0.15, 0.2) is 0 Å². The van der Waals surface area contributed by atoms with E-state index in [0.29, 0.717) is 17.9 Å². The minimum absolute atomic E-state index is 0.230. The highest BCUT2D eigenvalue weighted by Crippen LogP contribution is 2.24. The Morgan fingerprint density at radius 3 is 2.63 bits per heavy atom. The van der Waals surface area contributed by atoms with Crippen LogP contribution in [0.25, 0.3) is 5.65 Å². The van der Waals surface area contributed by atoms with Crippen molar-refractivity contribution in [3.63, 3.8) is 0 Å². The molecule has 3 aromatic heterocycles. The van der Waals surface area contributed by atoms with Crippen LogP contribution in [0.15, 0.2) is 91.5 Å². The highest BCUT2D eigenvalue weighted by Gasteiger charge is 2.22. The average Bonchev–Trinajstić information content (AvgIpc) is 3.52. The number of amides is 1. The molecule has 2 aromatic carbocycles. The first-order chi connectivity index (χ1) is 17.1. The van der Waals surface area contributed by atoms with Gasteiger partial charge in [0, 0.05) is 37.4 Å². The van der Waals surface area contributed by atoms with Crippen molar-refractivity contribution in [3.8, 4) is 11.5 Å². The standard InChI is InChI=1S/C27H25N5O3/c1-31-15-13-28-26(31)25(19-9-11-22(34-2)12-10-19)30-27(33)20-6-5-7-23(16-20)35-18-21-17-32-14-4-3-8-24(32)29-21/h3-17,25H,18H2,1-2H3,(H,30,33)/t25-/m0/s1. The van der Waals surface area contributed by atoms with Crippen LogP contribution in [0, 0.1) is 0 Å². The first-order valence-corrected chi connectivity index (χ1v) is 11.2. The maximum atomic E-state index is 13.3. The largest absolute Gasteiger partial charge is 0.497 e. The normalized spacial score (nSPS) is 11.8. The number of benzene rings is 2. The van der Waals surface area contributed by atoms with E-state index >= 15 is 0 Å². The molecule has 0 bridgehead atoms. The van der Waals surface area contributed by atoms with Crippen LogP contribution < -0.4 is 14.8 Å². The summed E-state index contributed by atoms with van der Waals surface area (Å²) < 4.78 is 15.0. The zero-order valence-corrected chi connectivity index (χ0v) is 19.5. The average molecular weight is 468 g/mol. The van der Waals surface area contributed by atoms with Crippen molar-refractivity contribution in [1.82, 2.24) is 24.3 Å². The second-order valence-corrected chi connectivity index (χ2v) is 8.09. The number of hydrogen-bond donors (Lipinski definition) is 1. The Kier molecular flexibility index (Phi) is 6.17. The molecule has 0 aliphatic heterocycles. The lowest BCUT2D eigenvalue weighted by molar-refractivity contribution is 0.0940. The molecule has 0 aliphatic carbocycles. The molecule has 0 radical (unpaired) electrons. The third-order valence-corrected chi connectivity index (χ3v) is 5.74. The summed E-state index contributed by atoms with van der Waals surface area (Å²) in [5.74, 6) is 1.83. The highest BCUT2D eigenvalue weighted by molar-refractivity contribution is 5.95. The summed E-state index contributed by atoms with van der Waals surface area (Å²) in [6.07, 6.45) is 7.44. The molecule has 8 heteroatoms. The number of fused-ring (bicyclic) bond motifs is 1. The monoisotopic (exact) mass is 467 g/mol. The lowest BCUT2D eigenvalue weighted by atomic mass is 10.0. The number of aryl methyl sites for hydroxylation is 1. The van der Waals surface area contributed by atoms with Gasteiger partial charge < -0.3 is 23.8 Å². The Morgan fingerprint density at radius 1 is 1.03 bits per heavy atom. The molecule has 176 valence electrons. The molecule has 3 heterocycles. The summed E-state index contributed by atoms with van der Waals surface area (Å²) in [7, 11) is 3.52. The Balaban J connectivity index is 1.33. The van der Waals surface area contributed by atoms with E-state index in [9.17, 15) is 4.79 Å². The van der Waals surface area contributed by atoms with Gasteiger partial charge in [0.2, 0.25) is 0 Å². The summed E-state index contributed by atoms with van der Waals surface area (Å²) in [6, 6.07) is 20.1. The zero-order valence-electron chi connectivity index (χ0n) is 19.5. The number of nitrogens with one attached hydrogen (secondary N) is 1. The Bertz CT molecular complexity index is 1420. The molecule has 35 heavy (non-hydrogen) atoms. The van der Waals surface area contributed by atoms with Gasteiger partial charge in [-0.05, 0) is 48.0 Å². The van der Waals surface area contributed by atoms with Crippen LogP contribution in [-0.2, 0) is 13.7 Å². The first kappa shape index (κ1) is 22.2. The van der Waals surface area contributed by atoms with Gasteiger partial charge in [-0.25, -0.2) is 9.97 Å². The Labute approximate surface area is 202 Å². The zero-order chi connectivity index (χ0) is 24.2. The lowest BCUT2D eigenvalue weighted by Crippen LogP contribution is -2.31. The quantitative estimate of drug-likeness (QED) is 0.370. The summed E-state index contributed by atoms with van der Waals surface area (Å²) in [5, 5.41) is 3.11. The van der Waals surface area contributed by atoms with Gasteiger partial charge in [-0.15, -0.1) is 0 Å². The SMILES string of the molecule is COc1ccc([C@H](NC(=O)c2cccc(OCc3cn4ccccc4n3)c2)c2nccn2C)cc1. The number of pyridine rings is 1. The molecule has 1 amide bonds. The van der Waals surface area contributed by atoms with Crippen LogP contribution in [0.3, 0.4) is 0 Å². The third-order valence-electron chi connectivity index (χ3n) is 5.74. The Morgan fingerprint density at radius 2 is 1.89 bits per heavy atom. The number of carbonyl (C=O) groups excluding carboxylic acids is 1. The summed E-state index contributed by atoms with van der Waals surface area (Å²) in [6.45, 7) is 0.300. The van der Waals surface area contributed by atoms with Crippen molar-refractivity contribution in [1.29, 1.82) is 0 Å². The fourth-order valence-electron chi connectivity index (χ4n) is 3.90. The number of aromatic nitrogens is 4. The molecule has 0 unspecified atom stereocenters. The molecule has 1 N–H and O–H groups in total. The summed E-state index contributed by atoms with van der Waals surface area (Å²) >= 11 is 0. The van der Waals surface area contributed by atoms with E-state index in [1.54, 1.807) is 31.5 Å². The van der Waals surface area contributed by atoms with Crippen molar-refractivity contribution in [2.45, 2.75) is 12.6 Å². The fourth-order valence-corrected chi connectivity index (χ4v) is 3.90. The van der Waals surface area contributed by atoms with Gasteiger partial charge in [0.25, 0.3) is 5.91 Å². The maximum Gasteiger partial charge on any atom is 0.252 e. The van der Waals surface area contributed by atoms with Gasteiger partial charge in [-0.2, -0.15) is 0 Å². The van der Waals surface area contributed by atoms with Crippen molar-refractivity contribution in [3.05, 3.63) is 114 Å². The highest BCUT2D eigenvalue weighted by atomic mass is 16.5. The van der Waals surface area contributed by atoms with Gasteiger partial charge in [0.05, 0.1) is 12.8 Å². The molecule has 5 rings (SSSR count). The summed E-state index contributed by atoms with van der Waals surface area (Å²) in [5.41, 5.74) is 3.05. The molecule has 0 spiro atoms. The first-order valence-electron chi connectivity index (χ1n) is 11.2. The van der Waals surface area contributed by atoms with Gasteiger partial charge in [-0.1, -0.05) is 24.3 Å². The van der Waals surface area contributed by atoms with Crippen LogP contribution >= 0.6 is 0 Å². The number of nitrogens with zero attached hydrogens (tertiary/aromatic N) is 4. The smallest absolute Gasteiger partial charge is 0.252 e. The number of rotatable bonds is 8. The van der Waals surface area contributed by atoms with E-state index in [4.69, 9.17) is 9.47 Å². The van der Waals surface area contributed by atoms with Crippen LogP contribution in [0.2, 0.25) is 0 Å². The minimum Gasteiger partial charge on any atom is -0.497 e. The topological polar surface area (TPSA) is 82.7 Å². The van der Waals surface area contributed by atoms with Crippen molar-refractivity contribution in [2.24, 2.45) is 7.05 Å². The number of hydrogen-bond acceptors (Lipinski definition) is 5. The van der Waals surface area contributed by atoms with E-state index < -0.39 is 6.04 Å². The van der Waals surface area contributed by atoms with E-state index in [1.165, 1.54) is 0 Å². The minimum atomic E-state index is -0.434. The molecule has 8 nitrogen and oxygen atoms in total. The van der Waals surface area contributed by atoms with E-state index in [1.807, 2.05) is 83.1 Å². The van der Waals surface area contributed by atoms with Crippen molar-refractivity contribution in [2.75, 3.05) is 7.11 Å². The third kappa shape index (κ3) is 4.86. The predicted molar refractivity (Wildman–Crippen MR) is 131 cm³/mol. The number of imidazole rings is 2. The van der Waals surface area contributed by atoms with Gasteiger partial charge >= 0.3 is 0 Å². The van der Waals surface area contributed by atoms with Crippen molar-refractivity contribution < 1.29 is 14.3 Å². The van der Waals surface area contributed by atoms with Crippen LogP contribution in [0.5, 0.6) is 11.5 Å². The molecule has 0 aliphatic rings. The second kappa shape index (κ2) is 9.72. The van der Waals surface area contributed by atoms with Crippen LogP contribution in [-0.4, -0.2) is 32.0 Å². The van der Waals surface area contributed by atoms with Crippen LogP contribution in [0.4, 0.5) is 0 Å². The molecular formula is C27H25N5O3. The van der Waals surface area contributed by atoms with E-state index in [2.05, 4.69) is 15.3 Å². The van der Waals surface area contributed by atoms with E-state index in [0.717, 1.165) is 28.5 Å².